The van der Waals surface area contributed by atoms with E-state index in [1.807, 2.05) is 30.3 Å². The lowest BCUT2D eigenvalue weighted by atomic mass is 10.1. The quantitative estimate of drug-likeness (QED) is 0.793. The highest BCUT2D eigenvalue weighted by Crippen LogP contribution is 2.15. The van der Waals surface area contributed by atoms with Crippen LogP contribution in [-0.4, -0.2) is 18.8 Å². The number of para-hydroxylation sites is 1. The molecule has 0 atom stereocenters. The van der Waals surface area contributed by atoms with Gasteiger partial charge in [0.2, 0.25) is 5.91 Å². The summed E-state index contributed by atoms with van der Waals surface area (Å²) in [7, 11) is 1.57. The molecule has 4 heteroatoms. The van der Waals surface area contributed by atoms with E-state index in [1.54, 1.807) is 31.4 Å². The van der Waals surface area contributed by atoms with E-state index >= 15 is 0 Å². The first-order valence-corrected chi connectivity index (χ1v) is 7.21. The summed E-state index contributed by atoms with van der Waals surface area (Å²) in [4.78, 5) is 23.9. The Labute approximate surface area is 130 Å². The Morgan fingerprint density at radius 1 is 1.00 bits per heavy atom. The molecular formula is C18H19NO3. The van der Waals surface area contributed by atoms with Crippen LogP contribution >= 0.6 is 0 Å². The van der Waals surface area contributed by atoms with Gasteiger partial charge in [-0.2, -0.15) is 0 Å². The number of nitrogens with one attached hydrogen (secondary N) is 1. The molecule has 0 aromatic heterocycles. The average Bonchev–Trinajstić information content (AvgIpc) is 2.55. The molecule has 0 heterocycles. The predicted octanol–water partition coefficient (Wildman–Crippen LogP) is 3.69. The van der Waals surface area contributed by atoms with Gasteiger partial charge in [-0.1, -0.05) is 30.3 Å². The first-order chi connectivity index (χ1) is 10.7. The smallest absolute Gasteiger partial charge is 0.224 e. The van der Waals surface area contributed by atoms with E-state index in [0.717, 1.165) is 5.69 Å². The summed E-state index contributed by atoms with van der Waals surface area (Å²) in [6.07, 6.45) is 1.19. The summed E-state index contributed by atoms with van der Waals surface area (Å²) < 4.78 is 5.10. The van der Waals surface area contributed by atoms with Crippen LogP contribution in [0.3, 0.4) is 0 Å². The van der Waals surface area contributed by atoms with E-state index in [-0.39, 0.29) is 11.7 Å². The van der Waals surface area contributed by atoms with Gasteiger partial charge in [-0.3, -0.25) is 9.59 Å². The van der Waals surface area contributed by atoms with Gasteiger partial charge in [-0.15, -0.1) is 0 Å². The van der Waals surface area contributed by atoms with Gasteiger partial charge in [-0.25, -0.2) is 0 Å². The summed E-state index contributed by atoms with van der Waals surface area (Å²) >= 11 is 0. The lowest BCUT2D eigenvalue weighted by Crippen LogP contribution is -2.11. The number of methoxy groups -OCH3 is 1. The SMILES string of the molecule is COc1cccc(C(=O)CCCC(=O)Nc2ccccc2)c1. The zero-order valence-corrected chi connectivity index (χ0v) is 12.5. The normalized spacial score (nSPS) is 10.0. The summed E-state index contributed by atoms with van der Waals surface area (Å²) in [5.41, 5.74) is 1.38. The first-order valence-electron chi connectivity index (χ1n) is 7.21. The number of anilines is 1. The van der Waals surface area contributed by atoms with Crippen molar-refractivity contribution in [1.29, 1.82) is 0 Å². The van der Waals surface area contributed by atoms with Gasteiger partial charge in [0.05, 0.1) is 7.11 Å². The fraction of sp³-hybridized carbons (Fsp3) is 0.222. The average molecular weight is 297 g/mol. The highest BCUT2D eigenvalue weighted by Gasteiger charge is 2.08. The molecule has 0 radical (unpaired) electrons. The minimum absolute atomic E-state index is 0.0198. The van der Waals surface area contributed by atoms with Crippen molar-refractivity contribution in [2.45, 2.75) is 19.3 Å². The van der Waals surface area contributed by atoms with Crippen molar-refractivity contribution >= 4 is 17.4 Å². The molecule has 22 heavy (non-hydrogen) atoms. The second-order valence-corrected chi connectivity index (χ2v) is 4.92. The largest absolute Gasteiger partial charge is 0.497 e. The Bertz CT molecular complexity index is 638. The number of ketones is 1. The number of hydrogen-bond acceptors (Lipinski definition) is 3. The van der Waals surface area contributed by atoms with Crippen LogP contribution in [0.25, 0.3) is 0 Å². The number of rotatable bonds is 7. The van der Waals surface area contributed by atoms with Crippen molar-refractivity contribution in [3.8, 4) is 5.75 Å². The monoisotopic (exact) mass is 297 g/mol. The van der Waals surface area contributed by atoms with E-state index in [9.17, 15) is 9.59 Å². The molecular weight excluding hydrogens is 278 g/mol. The molecule has 0 aliphatic heterocycles. The standard InChI is InChI=1S/C18H19NO3/c1-22-16-10-5-7-14(13-16)17(20)11-6-12-18(21)19-15-8-3-2-4-9-15/h2-5,7-10,13H,6,11-12H2,1H3,(H,19,21). The Hall–Kier alpha value is -2.62. The van der Waals surface area contributed by atoms with Gasteiger partial charge in [0, 0.05) is 24.1 Å². The Morgan fingerprint density at radius 3 is 2.50 bits per heavy atom. The summed E-state index contributed by atoms with van der Waals surface area (Å²) in [6, 6.07) is 16.3. The highest BCUT2D eigenvalue weighted by atomic mass is 16.5. The third-order valence-corrected chi connectivity index (χ3v) is 3.26. The van der Waals surface area contributed by atoms with E-state index in [0.29, 0.717) is 30.6 Å². The van der Waals surface area contributed by atoms with Crippen LogP contribution in [0.4, 0.5) is 5.69 Å². The maximum absolute atomic E-state index is 12.1. The minimum Gasteiger partial charge on any atom is -0.497 e. The third-order valence-electron chi connectivity index (χ3n) is 3.26. The van der Waals surface area contributed by atoms with Gasteiger partial charge in [0.15, 0.2) is 5.78 Å². The van der Waals surface area contributed by atoms with Crippen LogP contribution in [0.1, 0.15) is 29.6 Å². The first kappa shape index (κ1) is 15.8. The molecule has 2 aromatic rings. The van der Waals surface area contributed by atoms with Crippen molar-refractivity contribution in [3.05, 3.63) is 60.2 Å². The Balaban J connectivity index is 1.78. The molecule has 1 N–H and O–H groups in total. The number of hydrogen-bond donors (Lipinski definition) is 1. The highest BCUT2D eigenvalue weighted by molar-refractivity contribution is 5.97. The number of ether oxygens (including phenoxy) is 1. The van der Waals surface area contributed by atoms with Crippen LogP contribution in [0.2, 0.25) is 0 Å². The van der Waals surface area contributed by atoms with Gasteiger partial charge >= 0.3 is 0 Å². The number of benzene rings is 2. The number of carbonyl (C=O) groups excluding carboxylic acids is 2. The molecule has 0 saturated heterocycles. The molecule has 0 aliphatic rings. The van der Waals surface area contributed by atoms with E-state index in [4.69, 9.17) is 4.74 Å². The molecule has 114 valence electrons. The van der Waals surface area contributed by atoms with Crippen molar-refractivity contribution < 1.29 is 14.3 Å². The van der Waals surface area contributed by atoms with Crippen LogP contribution in [0, 0.1) is 0 Å². The van der Waals surface area contributed by atoms with Gasteiger partial charge in [-0.05, 0) is 30.7 Å². The van der Waals surface area contributed by atoms with Crippen LogP contribution in [0.5, 0.6) is 5.75 Å². The van der Waals surface area contributed by atoms with E-state index in [2.05, 4.69) is 5.32 Å². The van der Waals surface area contributed by atoms with E-state index in [1.165, 1.54) is 0 Å². The maximum Gasteiger partial charge on any atom is 0.224 e. The Morgan fingerprint density at radius 2 is 1.77 bits per heavy atom. The predicted molar refractivity (Wildman–Crippen MR) is 86.2 cm³/mol. The van der Waals surface area contributed by atoms with Crippen LogP contribution < -0.4 is 10.1 Å². The number of carbonyl (C=O) groups is 2. The molecule has 2 aromatic carbocycles. The minimum atomic E-state index is -0.0790. The second kappa shape index (κ2) is 7.98. The molecule has 0 unspecified atom stereocenters. The fourth-order valence-corrected chi connectivity index (χ4v) is 2.10. The Kier molecular flexibility index (Phi) is 5.72. The zero-order chi connectivity index (χ0) is 15.8. The summed E-state index contributed by atoms with van der Waals surface area (Å²) in [6.45, 7) is 0. The number of Topliss-reactive ketones (excluding diaryl/α,β-unsaturated/α-hetero) is 1. The topological polar surface area (TPSA) is 55.4 Å². The van der Waals surface area contributed by atoms with Crippen molar-refractivity contribution in [2.75, 3.05) is 12.4 Å². The zero-order valence-electron chi connectivity index (χ0n) is 12.5. The lowest BCUT2D eigenvalue weighted by Gasteiger charge is -2.05. The van der Waals surface area contributed by atoms with Crippen molar-refractivity contribution in [3.63, 3.8) is 0 Å². The molecule has 2 rings (SSSR count). The summed E-state index contributed by atoms with van der Waals surface area (Å²) in [5.74, 6) is 0.601. The van der Waals surface area contributed by atoms with Crippen molar-refractivity contribution in [2.24, 2.45) is 0 Å². The van der Waals surface area contributed by atoms with Crippen LogP contribution in [0.15, 0.2) is 54.6 Å². The molecule has 0 spiro atoms. The number of amides is 1. The molecule has 0 fully saturated rings. The third kappa shape index (κ3) is 4.74. The lowest BCUT2D eigenvalue weighted by molar-refractivity contribution is -0.116. The maximum atomic E-state index is 12.1. The van der Waals surface area contributed by atoms with Gasteiger partial charge in [0.1, 0.15) is 5.75 Å². The van der Waals surface area contributed by atoms with Crippen molar-refractivity contribution in [1.82, 2.24) is 0 Å². The molecule has 1 amide bonds. The molecule has 0 saturated carbocycles. The van der Waals surface area contributed by atoms with Gasteiger partial charge in [0.25, 0.3) is 0 Å². The van der Waals surface area contributed by atoms with Crippen LogP contribution in [-0.2, 0) is 4.79 Å². The molecule has 4 nitrogen and oxygen atoms in total. The molecule has 0 aliphatic carbocycles. The summed E-state index contributed by atoms with van der Waals surface area (Å²) in [5, 5.41) is 2.80. The van der Waals surface area contributed by atoms with Gasteiger partial charge < -0.3 is 10.1 Å². The fourth-order valence-electron chi connectivity index (χ4n) is 2.10. The van der Waals surface area contributed by atoms with E-state index < -0.39 is 0 Å². The molecule has 0 bridgehead atoms. The second-order valence-electron chi connectivity index (χ2n) is 4.92.